The van der Waals surface area contributed by atoms with Crippen LogP contribution in [0, 0.1) is 11.8 Å². The first-order valence-electron chi connectivity index (χ1n) is 10.4. The Morgan fingerprint density at radius 3 is 2.72 bits per heavy atom. The summed E-state index contributed by atoms with van der Waals surface area (Å²) in [5.41, 5.74) is 2.55. The lowest BCUT2D eigenvalue weighted by Gasteiger charge is -2.34. The Balaban J connectivity index is 1.56. The van der Waals surface area contributed by atoms with Crippen molar-refractivity contribution in [3.05, 3.63) is 59.7 Å². The third kappa shape index (κ3) is 4.35. The van der Waals surface area contributed by atoms with Crippen molar-refractivity contribution in [1.82, 2.24) is 5.32 Å². The maximum absolute atomic E-state index is 13.0. The summed E-state index contributed by atoms with van der Waals surface area (Å²) in [5.74, 6) is 1.59. The lowest BCUT2D eigenvalue weighted by Crippen LogP contribution is -2.43. The predicted octanol–water partition coefficient (Wildman–Crippen LogP) is 4.88. The van der Waals surface area contributed by atoms with Crippen LogP contribution in [0.1, 0.15) is 49.0 Å². The third-order valence-electron chi connectivity index (χ3n) is 6.37. The van der Waals surface area contributed by atoms with Crippen molar-refractivity contribution in [2.45, 2.75) is 50.6 Å². The molecule has 29 heavy (non-hydrogen) atoms. The lowest BCUT2D eigenvalue weighted by atomic mass is 9.78. The zero-order chi connectivity index (χ0) is 20.4. The number of hydrogen-bond donors (Lipinski definition) is 1. The molecule has 0 saturated heterocycles. The maximum atomic E-state index is 13.0. The number of anilines is 1. The molecule has 1 saturated carbocycles. The van der Waals surface area contributed by atoms with Gasteiger partial charge < -0.3 is 10.2 Å². The zero-order valence-corrected chi connectivity index (χ0v) is 17.9. The molecule has 4 nitrogen and oxygen atoms in total. The number of benzene rings is 2. The van der Waals surface area contributed by atoms with Crippen LogP contribution >= 0.6 is 11.8 Å². The van der Waals surface area contributed by atoms with Crippen LogP contribution in [0.15, 0.2) is 53.4 Å². The number of nitrogens with zero attached hydrogens (tertiary/aromatic N) is 1. The lowest BCUT2D eigenvalue weighted by molar-refractivity contribution is -0.116. The fourth-order valence-electron chi connectivity index (χ4n) is 4.32. The van der Waals surface area contributed by atoms with Crippen molar-refractivity contribution in [2.24, 2.45) is 11.8 Å². The molecule has 1 aliphatic carbocycles. The van der Waals surface area contributed by atoms with E-state index in [1.54, 1.807) is 11.8 Å². The number of carbonyl (C=O) groups excluding carboxylic acids is 2. The van der Waals surface area contributed by atoms with E-state index in [2.05, 4.69) is 19.2 Å². The topological polar surface area (TPSA) is 49.4 Å². The number of amides is 2. The van der Waals surface area contributed by atoms with E-state index in [-0.39, 0.29) is 17.9 Å². The summed E-state index contributed by atoms with van der Waals surface area (Å²) in [6.45, 7) is 5.03. The molecule has 2 amide bonds. The van der Waals surface area contributed by atoms with Crippen LogP contribution in [-0.2, 0) is 11.3 Å². The molecule has 0 unspecified atom stereocenters. The summed E-state index contributed by atoms with van der Waals surface area (Å²) in [4.78, 5) is 28.5. The van der Waals surface area contributed by atoms with Crippen LogP contribution in [0.4, 0.5) is 5.69 Å². The van der Waals surface area contributed by atoms with E-state index in [0.717, 1.165) is 29.0 Å². The maximum Gasteiger partial charge on any atom is 0.251 e. The molecular weight excluding hydrogens is 380 g/mol. The molecule has 0 bridgehead atoms. The van der Waals surface area contributed by atoms with Gasteiger partial charge in [-0.2, -0.15) is 0 Å². The van der Waals surface area contributed by atoms with Crippen molar-refractivity contribution < 1.29 is 9.59 Å². The predicted molar refractivity (Wildman–Crippen MR) is 118 cm³/mol. The van der Waals surface area contributed by atoms with Gasteiger partial charge in [0.05, 0.1) is 18.0 Å². The largest absolute Gasteiger partial charge is 0.349 e. The van der Waals surface area contributed by atoms with E-state index in [1.165, 1.54) is 6.42 Å². The number of nitrogens with one attached hydrogen (secondary N) is 1. The Hall–Kier alpha value is -2.27. The molecule has 1 aliphatic heterocycles. The first-order valence-corrected chi connectivity index (χ1v) is 11.4. The van der Waals surface area contributed by atoms with E-state index in [4.69, 9.17) is 0 Å². The van der Waals surface area contributed by atoms with E-state index >= 15 is 0 Å². The van der Waals surface area contributed by atoms with Gasteiger partial charge in [-0.05, 0) is 42.0 Å². The van der Waals surface area contributed by atoms with Gasteiger partial charge in [0.25, 0.3) is 5.91 Å². The van der Waals surface area contributed by atoms with E-state index in [1.807, 2.05) is 53.4 Å². The molecule has 1 N–H and O–H groups in total. The average molecular weight is 409 g/mol. The van der Waals surface area contributed by atoms with Gasteiger partial charge in [0.2, 0.25) is 5.91 Å². The molecule has 0 aromatic heterocycles. The normalized spacial score (nSPS) is 24.1. The molecular formula is C24H28N2O2S. The highest BCUT2D eigenvalue weighted by atomic mass is 32.2. The van der Waals surface area contributed by atoms with Crippen molar-refractivity contribution in [3.63, 3.8) is 0 Å². The van der Waals surface area contributed by atoms with Crippen molar-refractivity contribution >= 4 is 29.3 Å². The van der Waals surface area contributed by atoms with E-state index < -0.39 is 0 Å². The zero-order valence-electron chi connectivity index (χ0n) is 17.1. The Kier molecular flexibility index (Phi) is 5.95. The van der Waals surface area contributed by atoms with E-state index in [9.17, 15) is 9.59 Å². The first-order chi connectivity index (χ1) is 14.0. The van der Waals surface area contributed by atoms with Gasteiger partial charge in [-0.1, -0.05) is 57.0 Å². The summed E-state index contributed by atoms with van der Waals surface area (Å²) in [5, 5.41) is 3.25. The number of fused-ring (bicyclic) bond motifs is 1. The number of carbonyl (C=O) groups is 2. The third-order valence-corrected chi connectivity index (χ3v) is 7.42. The highest BCUT2D eigenvalue weighted by molar-refractivity contribution is 8.00. The molecule has 3 atom stereocenters. The van der Waals surface area contributed by atoms with Gasteiger partial charge >= 0.3 is 0 Å². The Morgan fingerprint density at radius 1 is 1.14 bits per heavy atom. The molecule has 2 aromatic carbocycles. The highest BCUT2D eigenvalue weighted by Crippen LogP contribution is 2.37. The van der Waals surface area contributed by atoms with Gasteiger partial charge in [0.1, 0.15) is 0 Å². The highest BCUT2D eigenvalue weighted by Gasteiger charge is 2.30. The van der Waals surface area contributed by atoms with Gasteiger partial charge in [-0.15, -0.1) is 11.8 Å². The average Bonchev–Trinajstić information content (AvgIpc) is 2.74. The summed E-state index contributed by atoms with van der Waals surface area (Å²) < 4.78 is 0. The monoisotopic (exact) mass is 408 g/mol. The summed E-state index contributed by atoms with van der Waals surface area (Å²) >= 11 is 1.54. The Labute approximate surface area is 177 Å². The Bertz CT molecular complexity index is 899. The van der Waals surface area contributed by atoms with Gasteiger partial charge in [0.15, 0.2) is 0 Å². The van der Waals surface area contributed by atoms with Crippen LogP contribution in [0.2, 0.25) is 0 Å². The van der Waals surface area contributed by atoms with Crippen LogP contribution in [0.5, 0.6) is 0 Å². The second-order valence-electron chi connectivity index (χ2n) is 8.28. The first kappa shape index (κ1) is 20.0. The van der Waals surface area contributed by atoms with Gasteiger partial charge in [-0.3, -0.25) is 9.59 Å². The number of thioether (sulfide) groups is 1. The smallest absolute Gasteiger partial charge is 0.251 e. The molecule has 152 valence electrons. The van der Waals surface area contributed by atoms with Gasteiger partial charge in [0, 0.05) is 16.5 Å². The molecule has 4 rings (SSSR count). The minimum Gasteiger partial charge on any atom is -0.349 e. The second kappa shape index (κ2) is 8.62. The molecule has 0 radical (unpaired) electrons. The second-order valence-corrected chi connectivity index (χ2v) is 9.30. The van der Waals surface area contributed by atoms with Gasteiger partial charge in [-0.25, -0.2) is 0 Å². The molecule has 0 spiro atoms. The SMILES string of the molecule is C[C@H]1[C@H](C)CCC[C@@H]1NC(=O)c1ccc2c(c1)N(Cc1ccccc1)C(=O)CS2. The number of hydrogen-bond acceptors (Lipinski definition) is 3. The molecule has 1 heterocycles. The van der Waals surface area contributed by atoms with Crippen molar-refractivity contribution in [3.8, 4) is 0 Å². The standard InChI is InChI=1S/C24H28N2O2S/c1-16-7-6-10-20(17(16)2)25-24(28)19-11-12-22-21(13-19)26(23(27)15-29-22)14-18-8-4-3-5-9-18/h3-5,8-9,11-13,16-17,20H,6-7,10,14-15H2,1-2H3,(H,25,28)/t16-,17+,20+/m1/s1. The molecule has 2 aliphatic rings. The fourth-order valence-corrected chi connectivity index (χ4v) is 5.24. The van der Waals surface area contributed by atoms with Crippen LogP contribution in [-0.4, -0.2) is 23.6 Å². The quantitative estimate of drug-likeness (QED) is 0.784. The van der Waals surface area contributed by atoms with E-state index in [0.29, 0.717) is 29.7 Å². The van der Waals surface area contributed by atoms with Crippen LogP contribution in [0.25, 0.3) is 0 Å². The fraction of sp³-hybridized carbons (Fsp3) is 0.417. The minimum atomic E-state index is -0.0403. The molecule has 5 heteroatoms. The van der Waals surface area contributed by atoms with Crippen LogP contribution < -0.4 is 10.2 Å². The number of rotatable bonds is 4. The van der Waals surface area contributed by atoms with Crippen molar-refractivity contribution in [2.75, 3.05) is 10.7 Å². The van der Waals surface area contributed by atoms with Crippen LogP contribution in [0.3, 0.4) is 0 Å². The minimum absolute atomic E-state index is 0.0403. The van der Waals surface area contributed by atoms with Crippen molar-refractivity contribution in [1.29, 1.82) is 0 Å². The summed E-state index contributed by atoms with van der Waals surface area (Å²) in [6.07, 6.45) is 3.44. The molecule has 2 aromatic rings. The molecule has 1 fully saturated rings. The summed E-state index contributed by atoms with van der Waals surface area (Å²) in [6, 6.07) is 16.0. The summed E-state index contributed by atoms with van der Waals surface area (Å²) in [7, 11) is 0. The Morgan fingerprint density at radius 2 is 1.93 bits per heavy atom.